The topological polar surface area (TPSA) is 64.7 Å². The van der Waals surface area contributed by atoms with Crippen molar-refractivity contribution in [3.8, 4) is 0 Å². The molecule has 6 heteroatoms. The van der Waals surface area contributed by atoms with Gasteiger partial charge in [-0.05, 0) is 52.2 Å². The Morgan fingerprint density at radius 2 is 2.00 bits per heavy atom. The first-order valence-electron chi connectivity index (χ1n) is 8.11. The number of nitrogens with one attached hydrogen (secondary N) is 2. The molecule has 0 spiro atoms. The standard InChI is InChI=1S/C15H28N4O2/c1-3-18(2)14(20)11-17-15(21)13-5-4-10-19(13)12-6-8-16-9-7-12/h12-13,16H,3-11H2,1-2H3,(H,17,21). The summed E-state index contributed by atoms with van der Waals surface area (Å²) in [6.45, 7) is 5.78. The fraction of sp³-hybridized carbons (Fsp3) is 0.867. The normalized spacial score (nSPS) is 24.0. The number of nitrogens with zero attached hydrogens (tertiary/aromatic N) is 2. The number of rotatable bonds is 5. The van der Waals surface area contributed by atoms with Crippen LogP contribution in [0.5, 0.6) is 0 Å². The van der Waals surface area contributed by atoms with Crippen molar-refractivity contribution in [2.24, 2.45) is 0 Å². The van der Waals surface area contributed by atoms with E-state index in [1.54, 1.807) is 11.9 Å². The van der Waals surface area contributed by atoms with Gasteiger partial charge in [-0.1, -0.05) is 0 Å². The third-order valence-corrected chi connectivity index (χ3v) is 4.69. The van der Waals surface area contributed by atoms with E-state index in [-0.39, 0.29) is 24.4 Å². The van der Waals surface area contributed by atoms with Gasteiger partial charge in [0, 0.05) is 19.6 Å². The van der Waals surface area contributed by atoms with Crippen molar-refractivity contribution >= 4 is 11.8 Å². The smallest absolute Gasteiger partial charge is 0.241 e. The molecule has 2 aliphatic rings. The lowest BCUT2D eigenvalue weighted by molar-refractivity contribution is -0.133. The maximum absolute atomic E-state index is 12.4. The molecule has 21 heavy (non-hydrogen) atoms. The second kappa shape index (κ2) is 7.75. The summed E-state index contributed by atoms with van der Waals surface area (Å²) in [6.07, 6.45) is 4.21. The zero-order valence-electron chi connectivity index (χ0n) is 13.2. The average Bonchev–Trinajstić information content (AvgIpc) is 3.01. The van der Waals surface area contributed by atoms with Gasteiger partial charge >= 0.3 is 0 Å². The lowest BCUT2D eigenvalue weighted by atomic mass is 10.0. The van der Waals surface area contributed by atoms with Crippen molar-refractivity contribution in [2.45, 2.75) is 44.7 Å². The third-order valence-electron chi connectivity index (χ3n) is 4.69. The Bertz CT molecular complexity index is 369. The molecule has 2 N–H and O–H groups in total. The molecular formula is C15H28N4O2. The number of carbonyl (C=O) groups excluding carboxylic acids is 2. The number of likely N-dealkylation sites (N-methyl/N-ethyl adjacent to an activating group) is 1. The van der Waals surface area contributed by atoms with Crippen molar-refractivity contribution in [3.05, 3.63) is 0 Å². The Morgan fingerprint density at radius 1 is 1.29 bits per heavy atom. The first kappa shape index (κ1) is 16.2. The molecule has 2 fully saturated rings. The molecule has 2 aliphatic heterocycles. The van der Waals surface area contributed by atoms with Gasteiger partial charge in [0.05, 0.1) is 12.6 Å². The Hall–Kier alpha value is -1.14. The highest BCUT2D eigenvalue weighted by molar-refractivity contribution is 5.87. The van der Waals surface area contributed by atoms with Gasteiger partial charge in [0.2, 0.25) is 11.8 Å². The Balaban J connectivity index is 1.84. The van der Waals surface area contributed by atoms with E-state index >= 15 is 0 Å². The van der Waals surface area contributed by atoms with Crippen LogP contribution in [-0.2, 0) is 9.59 Å². The summed E-state index contributed by atoms with van der Waals surface area (Å²) in [6, 6.07) is 0.464. The largest absolute Gasteiger partial charge is 0.346 e. The number of hydrogen-bond acceptors (Lipinski definition) is 4. The van der Waals surface area contributed by atoms with E-state index in [1.165, 1.54) is 0 Å². The maximum Gasteiger partial charge on any atom is 0.241 e. The molecule has 6 nitrogen and oxygen atoms in total. The summed E-state index contributed by atoms with van der Waals surface area (Å²) >= 11 is 0. The molecule has 0 aromatic rings. The Kier molecular flexibility index (Phi) is 5.99. The molecule has 0 saturated carbocycles. The van der Waals surface area contributed by atoms with Crippen molar-refractivity contribution in [2.75, 3.05) is 39.8 Å². The molecule has 1 atom stereocenters. The Morgan fingerprint density at radius 3 is 2.67 bits per heavy atom. The van der Waals surface area contributed by atoms with Crippen LogP contribution in [0.25, 0.3) is 0 Å². The molecule has 2 amide bonds. The molecule has 0 aromatic heterocycles. The molecule has 2 rings (SSSR count). The molecule has 2 heterocycles. The number of hydrogen-bond donors (Lipinski definition) is 2. The number of carbonyl (C=O) groups is 2. The fourth-order valence-electron chi connectivity index (χ4n) is 3.24. The molecule has 0 radical (unpaired) electrons. The van der Waals surface area contributed by atoms with Gasteiger partial charge in [0.25, 0.3) is 0 Å². The second-order valence-corrected chi connectivity index (χ2v) is 6.00. The third kappa shape index (κ3) is 4.17. The van der Waals surface area contributed by atoms with E-state index in [2.05, 4.69) is 15.5 Å². The lowest BCUT2D eigenvalue weighted by Gasteiger charge is -2.35. The van der Waals surface area contributed by atoms with Crippen LogP contribution in [0.4, 0.5) is 0 Å². The molecule has 2 saturated heterocycles. The van der Waals surface area contributed by atoms with Crippen LogP contribution < -0.4 is 10.6 Å². The molecule has 0 aromatic carbocycles. The maximum atomic E-state index is 12.4. The minimum atomic E-state index is -0.0483. The quantitative estimate of drug-likeness (QED) is 0.737. The number of likely N-dealkylation sites (tertiary alicyclic amines) is 1. The van der Waals surface area contributed by atoms with E-state index in [4.69, 9.17) is 0 Å². The van der Waals surface area contributed by atoms with Crippen LogP contribution in [0.3, 0.4) is 0 Å². The van der Waals surface area contributed by atoms with E-state index in [9.17, 15) is 9.59 Å². The fourth-order valence-corrected chi connectivity index (χ4v) is 3.24. The first-order chi connectivity index (χ1) is 10.1. The summed E-state index contributed by atoms with van der Waals surface area (Å²) in [5, 5.41) is 6.19. The SMILES string of the molecule is CCN(C)C(=O)CNC(=O)C1CCCN1C1CCNCC1. The zero-order chi connectivity index (χ0) is 15.2. The number of amides is 2. The van der Waals surface area contributed by atoms with Gasteiger partial charge in [-0.25, -0.2) is 0 Å². The van der Waals surface area contributed by atoms with Gasteiger partial charge in [0.15, 0.2) is 0 Å². The monoisotopic (exact) mass is 296 g/mol. The highest BCUT2D eigenvalue weighted by Crippen LogP contribution is 2.24. The van der Waals surface area contributed by atoms with Crippen LogP contribution in [0.2, 0.25) is 0 Å². The van der Waals surface area contributed by atoms with Gasteiger partial charge in [-0.2, -0.15) is 0 Å². The van der Waals surface area contributed by atoms with E-state index in [1.807, 2.05) is 6.92 Å². The van der Waals surface area contributed by atoms with Crippen molar-refractivity contribution in [1.29, 1.82) is 0 Å². The van der Waals surface area contributed by atoms with Crippen LogP contribution in [-0.4, -0.2) is 73.5 Å². The minimum Gasteiger partial charge on any atom is -0.346 e. The van der Waals surface area contributed by atoms with Crippen molar-refractivity contribution in [1.82, 2.24) is 20.4 Å². The Labute approximate surface area is 127 Å². The molecule has 1 unspecified atom stereocenters. The summed E-state index contributed by atoms with van der Waals surface area (Å²) in [5.74, 6) is -0.0128. The van der Waals surface area contributed by atoms with E-state index in [0.717, 1.165) is 45.3 Å². The first-order valence-corrected chi connectivity index (χ1v) is 8.11. The number of piperidine rings is 1. The summed E-state index contributed by atoms with van der Waals surface area (Å²) in [5.41, 5.74) is 0. The molecule has 0 bridgehead atoms. The highest BCUT2D eigenvalue weighted by atomic mass is 16.2. The highest BCUT2D eigenvalue weighted by Gasteiger charge is 2.35. The van der Waals surface area contributed by atoms with Crippen LogP contribution in [0.1, 0.15) is 32.6 Å². The van der Waals surface area contributed by atoms with Crippen molar-refractivity contribution in [3.63, 3.8) is 0 Å². The van der Waals surface area contributed by atoms with Crippen LogP contribution in [0.15, 0.2) is 0 Å². The molecular weight excluding hydrogens is 268 g/mol. The average molecular weight is 296 g/mol. The minimum absolute atomic E-state index is 0.0175. The van der Waals surface area contributed by atoms with Gasteiger partial charge < -0.3 is 15.5 Å². The summed E-state index contributed by atoms with van der Waals surface area (Å²) in [7, 11) is 1.76. The van der Waals surface area contributed by atoms with Gasteiger partial charge in [-0.15, -0.1) is 0 Å². The van der Waals surface area contributed by atoms with Gasteiger partial charge in [-0.3, -0.25) is 14.5 Å². The summed E-state index contributed by atoms with van der Waals surface area (Å²) < 4.78 is 0. The van der Waals surface area contributed by atoms with Crippen LogP contribution >= 0.6 is 0 Å². The van der Waals surface area contributed by atoms with Gasteiger partial charge in [0.1, 0.15) is 0 Å². The lowest BCUT2D eigenvalue weighted by Crippen LogP contribution is -2.51. The second-order valence-electron chi connectivity index (χ2n) is 6.00. The summed E-state index contributed by atoms with van der Waals surface area (Å²) in [4.78, 5) is 28.1. The zero-order valence-corrected chi connectivity index (χ0v) is 13.2. The predicted molar refractivity (Wildman–Crippen MR) is 81.9 cm³/mol. The molecule has 120 valence electrons. The van der Waals surface area contributed by atoms with Crippen molar-refractivity contribution < 1.29 is 9.59 Å². The molecule has 0 aliphatic carbocycles. The van der Waals surface area contributed by atoms with E-state index in [0.29, 0.717) is 12.6 Å². The van der Waals surface area contributed by atoms with E-state index < -0.39 is 0 Å². The van der Waals surface area contributed by atoms with Crippen LogP contribution in [0, 0.1) is 0 Å². The predicted octanol–water partition coefficient (Wildman–Crippen LogP) is -0.203.